The molecule has 0 N–H and O–H groups in total. The molecule has 2 heteroatoms. The molecule has 2 aliphatic carbocycles. The smallest absolute Gasteiger partial charge is 0.159 e. The second-order valence-corrected chi connectivity index (χ2v) is 12.8. The number of hydrogen-bond donors (Lipinski definition) is 0. The summed E-state index contributed by atoms with van der Waals surface area (Å²) in [5, 5.41) is 4.63. The summed E-state index contributed by atoms with van der Waals surface area (Å²) in [6.07, 6.45) is 0. The van der Waals surface area contributed by atoms with Crippen LogP contribution >= 0.6 is 0 Å². The van der Waals surface area contributed by atoms with Crippen LogP contribution < -0.4 is 4.90 Å². The molecule has 0 spiro atoms. The van der Waals surface area contributed by atoms with E-state index in [1.807, 2.05) is 6.07 Å². The molecular formula is C46H27NO. The number of para-hydroxylation sites is 2. The van der Waals surface area contributed by atoms with Crippen LogP contribution in [-0.2, 0) is 0 Å². The van der Waals surface area contributed by atoms with E-state index in [1.54, 1.807) is 0 Å². The Balaban J connectivity index is 1.25. The van der Waals surface area contributed by atoms with Crippen LogP contribution in [-0.4, -0.2) is 0 Å². The molecule has 0 fully saturated rings. The van der Waals surface area contributed by atoms with Gasteiger partial charge in [-0.25, -0.2) is 0 Å². The van der Waals surface area contributed by atoms with Gasteiger partial charge in [0.1, 0.15) is 5.58 Å². The summed E-state index contributed by atoms with van der Waals surface area (Å²) in [7, 11) is 0. The lowest BCUT2D eigenvalue weighted by atomic mass is 9.83. The van der Waals surface area contributed by atoms with Crippen molar-refractivity contribution in [2.75, 3.05) is 4.90 Å². The minimum Gasteiger partial charge on any atom is -0.454 e. The van der Waals surface area contributed by atoms with Crippen molar-refractivity contribution in [3.05, 3.63) is 164 Å². The molecule has 9 aromatic rings. The van der Waals surface area contributed by atoms with Crippen molar-refractivity contribution in [3.8, 4) is 55.6 Å². The maximum Gasteiger partial charge on any atom is 0.159 e. The first-order valence-electron chi connectivity index (χ1n) is 16.5. The van der Waals surface area contributed by atoms with E-state index < -0.39 is 0 Å². The Morgan fingerprint density at radius 1 is 0.354 bits per heavy atom. The van der Waals surface area contributed by atoms with E-state index in [0.717, 1.165) is 39.0 Å². The molecule has 0 aliphatic heterocycles. The predicted molar refractivity (Wildman–Crippen MR) is 200 cm³/mol. The first-order chi connectivity index (χ1) is 23.8. The molecule has 1 heterocycles. The molecule has 0 atom stereocenters. The Morgan fingerprint density at radius 2 is 0.896 bits per heavy atom. The van der Waals surface area contributed by atoms with Crippen LogP contribution in [0.25, 0.3) is 88.3 Å². The van der Waals surface area contributed by atoms with Gasteiger partial charge in [0, 0.05) is 21.8 Å². The van der Waals surface area contributed by atoms with Crippen molar-refractivity contribution in [3.63, 3.8) is 0 Å². The maximum absolute atomic E-state index is 6.68. The zero-order valence-corrected chi connectivity index (χ0v) is 25.9. The Morgan fingerprint density at radius 3 is 1.73 bits per heavy atom. The Kier molecular flexibility index (Phi) is 5.14. The van der Waals surface area contributed by atoms with E-state index in [4.69, 9.17) is 4.42 Å². The van der Waals surface area contributed by atoms with E-state index in [9.17, 15) is 0 Å². The summed E-state index contributed by atoms with van der Waals surface area (Å²) >= 11 is 0. The fourth-order valence-corrected chi connectivity index (χ4v) is 8.35. The number of furan rings is 1. The van der Waals surface area contributed by atoms with Crippen molar-refractivity contribution >= 4 is 49.8 Å². The number of rotatable bonds is 3. The SMILES string of the molecule is c1ccc2c(c1)-c1cccc3c1-c1cc(N(c4cccc5ccccc45)c4cccc5c4oc4ccccc45)ccc1-c1cccc-3c1-2. The van der Waals surface area contributed by atoms with Crippen LogP contribution in [0.2, 0.25) is 0 Å². The number of anilines is 3. The third-order valence-corrected chi connectivity index (χ3v) is 10.4. The van der Waals surface area contributed by atoms with E-state index >= 15 is 0 Å². The van der Waals surface area contributed by atoms with Gasteiger partial charge >= 0.3 is 0 Å². The average molecular weight is 610 g/mol. The van der Waals surface area contributed by atoms with E-state index in [2.05, 4.69) is 163 Å². The van der Waals surface area contributed by atoms with Gasteiger partial charge in [0.15, 0.2) is 5.58 Å². The second-order valence-electron chi connectivity index (χ2n) is 12.8. The van der Waals surface area contributed by atoms with Crippen LogP contribution in [0.3, 0.4) is 0 Å². The summed E-state index contributed by atoms with van der Waals surface area (Å²) in [6, 6.07) is 59.6. The highest BCUT2D eigenvalue weighted by atomic mass is 16.3. The lowest BCUT2D eigenvalue weighted by Crippen LogP contribution is -2.11. The monoisotopic (exact) mass is 609 g/mol. The topological polar surface area (TPSA) is 16.4 Å². The molecular weight excluding hydrogens is 583 g/mol. The van der Waals surface area contributed by atoms with Crippen molar-refractivity contribution in [2.24, 2.45) is 0 Å². The summed E-state index contributed by atoms with van der Waals surface area (Å²) in [6.45, 7) is 0. The van der Waals surface area contributed by atoms with Crippen molar-refractivity contribution in [2.45, 2.75) is 0 Å². The first-order valence-corrected chi connectivity index (χ1v) is 16.5. The third-order valence-electron chi connectivity index (χ3n) is 10.4. The molecule has 6 bridgehead atoms. The number of nitrogens with zero attached hydrogens (tertiary/aromatic N) is 1. The summed E-state index contributed by atoms with van der Waals surface area (Å²) in [5.41, 5.74) is 17.8. The highest BCUT2D eigenvalue weighted by Gasteiger charge is 2.31. The molecule has 222 valence electrons. The van der Waals surface area contributed by atoms with E-state index in [1.165, 1.54) is 66.4 Å². The number of fused-ring (bicyclic) bond motifs is 8. The van der Waals surface area contributed by atoms with Crippen LogP contribution in [0.5, 0.6) is 0 Å². The largest absolute Gasteiger partial charge is 0.454 e. The minimum atomic E-state index is 0.881. The minimum absolute atomic E-state index is 0.881. The Labute approximate surface area is 277 Å². The van der Waals surface area contributed by atoms with Gasteiger partial charge in [-0.1, -0.05) is 133 Å². The average Bonchev–Trinajstić information content (AvgIpc) is 3.49. The van der Waals surface area contributed by atoms with Crippen LogP contribution in [0.15, 0.2) is 168 Å². The van der Waals surface area contributed by atoms with Gasteiger partial charge in [-0.15, -0.1) is 0 Å². The normalized spacial score (nSPS) is 12.2. The Hall–Kier alpha value is -6.38. The van der Waals surface area contributed by atoms with Gasteiger partial charge in [-0.05, 0) is 91.4 Å². The Bertz CT molecular complexity index is 2770. The van der Waals surface area contributed by atoms with E-state index in [0.29, 0.717) is 0 Å². The fourth-order valence-electron chi connectivity index (χ4n) is 8.35. The molecule has 48 heavy (non-hydrogen) atoms. The van der Waals surface area contributed by atoms with Crippen LogP contribution in [0.4, 0.5) is 17.1 Å². The van der Waals surface area contributed by atoms with Crippen molar-refractivity contribution in [1.82, 2.24) is 0 Å². The van der Waals surface area contributed by atoms with Gasteiger partial charge in [-0.2, -0.15) is 0 Å². The second kappa shape index (κ2) is 9.57. The molecule has 2 nitrogen and oxygen atoms in total. The summed E-state index contributed by atoms with van der Waals surface area (Å²) < 4.78 is 6.68. The van der Waals surface area contributed by atoms with Gasteiger partial charge in [0.2, 0.25) is 0 Å². The molecule has 0 radical (unpaired) electrons. The maximum atomic E-state index is 6.68. The van der Waals surface area contributed by atoms with E-state index in [-0.39, 0.29) is 0 Å². The van der Waals surface area contributed by atoms with Crippen LogP contribution in [0.1, 0.15) is 0 Å². The molecule has 0 saturated carbocycles. The molecule has 0 saturated heterocycles. The quantitative estimate of drug-likeness (QED) is 0.198. The molecule has 0 unspecified atom stereocenters. The molecule has 2 aliphatic rings. The lowest BCUT2D eigenvalue weighted by Gasteiger charge is -2.28. The lowest BCUT2D eigenvalue weighted by molar-refractivity contribution is 0.669. The highest BCUT2D eigenvalue weighted by molar-refractivity contribution is 6.16. The predicted octanol–water partition coefficient (Wildman–Crippen LogP) is 13.2. The summed E-state index contributed by atoms with van der Waals surface area (Å²) in [5.74, 6) is 0. The van der Waals surface area contributed by atoms with Crippen LogP contribution in [0, 0.1) is 0 Å². The molecule has 8 aromatic carbocycles. The zero-order chi connectivity index (χ0) is 31.3. The third kappa shape index (κ3) is 3.41. The summed E-state index contributed by atoms with van der Waals surface area (Å²) in [4.78, 5) is 2.40. The molecule has 0 amide bonds. The van der Waals surface area contributed by atoms with Crippen molar-refractivity contribution < 1.29 is 4.42 Å². The van der Waals surface area contributed by atoms with Gasteiger partial charge in [-0.3, -0.25) is 0 Å². The zero-order valence-electron chi connectivity index (χ0n) is 25.9. The van der Waals surface area contributed by atoms with Gasteiger partial charge < -0.3 is 9.32 Å². The fraction of sp³-hybridized carbons (Fsp3) is 0. The standard InChI is InChI=1S/C46H27NO/c1-2-13-30-28(11-1)12-7-22-41(30)47(42-23-10-21-39-33-15-5-6-24-43(33)48-46(39)42)29-25-26-32-36-18-9-19-37-38-20-8-17-35(45(38)40(32)27-29)31-14-3-4-16-34(31)44(36)37/h1-27H. The van der Waals surface area contributed by atoms with Crippen molar-refractivity contribution in [1.29, 1.82) is 0 Å². The van der Waals surface area contributed by atoms with Gasteiger partial charge in [0.05, 0.1) is 11.4 Å². The number of benzene rings is 8. The van der Waals surface area contributed by atoms with Gasteiger partial charge in [0.25, 0.3) is 0 Å². The first kappa shape index (κ1) is 25.8. The highest BCUT2D eigenvalue weighted by Crippen LogP contribution is 2.58. The molecule has 1 aromatic heterocycles. The molecule has 11 rings (SSSR count). The number of hydrogen-bond acceptors (Lipinski definition) is 2.